The molecule has 2 amide bonds. The Morgan fingerprint density at radius 1 is 1.12 bits per heavy atom. The normalized spacial score (nSPS) is 15.8. The van der Waals surface area contributed by atoms with Crippen molar-refractivity contribution in [3.05, 3.63) is 42.0 Å². The molecule has 1 N–H and O–H groups in total. The number of rotatable bonds is 4. The van der Waals surface area contributed by atoms with Crippen molar-refractivity contribution in [3.63, 3.8) is 0 Å². The quantitative estimate of drug-likeness (QED) is 0.911. The van der Waals surface area contributed by atoms with Gasteiger partial charge in [-0.15, -0.1) is 0 Å². The maximum Gasteiger partial charge on any atom is 0.267 e. The molecule has 3 rings (SSSR count). The van der Waals surface area contributed by atoms with Crippen LogP contribution in [0, 0.1) is 0 Å². The van der Waals surface area contributed by atoms with Gasteiger partial charge in [0.1, 0.15) is 17.2 Å². The average Bonchev–Trinajstić information content (AvgIpc) is 2.65. The van der Waals surface area contributed by atoms with Crippen molar-refractivity contribution in [3.8, 4) is 17.2 Å². The van der Waals surface area contributed by atoms with E-state index in [4.69, 9.17) is 14.2 Å². The van der Waals surface area contributed by atoms with Gasteiger partial charge < -0.3 is 24.4 Å². The number of amides is 2. The molecule has 1 aliphatic rings. The van der Waals surface area contributed by atoms with E-state index in [9.17, 15) is 9.59 Å². The summed E-state index contributed by atoms with van der Waals surface area (Å²) in [6.07, 6.45) is -0.568. The first kappa shape index (κ1) is 17.6. The highest BCUT2D eigenvalue weighted by atomic mass is 16.5. The van der Waals surface area contributed by atoms with Crippen LogP contribution in [0.4, 0.5) is 11.4 Å². The Balaban J connectivity index is 1.85. The van der Waals surface area contributed by atoms with Gasteiger partial charge in [0.15, 0.2) is 6.10 Å². The fourth-order valence-electron chi connectivity index (χ4n) is 2.74. The van der Waals surface area contributed by atoms with Gasteiger partial charge >= 0.3 is 0 Å². The molecule has 0 spiro atoms. The van der Waals surface area contributed by atoms with E-state index in [1.54, 1.807) is 55.3 Å². The van der Waals surface area contributed by atoms with Crippen LogP contribution in [0.1, 0.15) is 17.3 Å². The standard InChI is InChI=1S/C19H20N2O5/c1-11-19(23)21(2)16-6-5-13(9-17(16)26-11)20-18(22)12-7-14(24-3)10-15(8-12)25-4/h5-11H,1-4H3,(H,20,22). The van der Waals surface area contributed by atoms with Crippen molar-refractivity contribution in [2.75, 3.05) is 31.5 Å². The van der Waals surface area contributed by atoms with E-state index in [0.29, 0.717) is 34.2 Å². The number of fused-ring (bicyclic) bond motifs is 1. The van der Waals surface area contributed by atoms with Crippen molar-refractivity contribution in [1.82, 2.24) is 0 Å². The Hall–Kier alpha value is -3.22. The van der Waals surface area contributed by atoms with Crippen molar-refractivity contribution >= 4 is 23.2 Å². The molecule has 1 unspecified atom stereocenters. The number of ether oxygens (including phenoxy) is 3. The van der Waals surface area contributed by atoms with E-state index in [0.717, 1.165) is 0 Å². The molecule has 0 aromatic heterocycles. The third-order valence-corrected chi connectivity index (χ3v) is 4.17. The summed E-state index contributed by atoms with van der Waals surface area (Å²) in [5, 5.41) is 2.82. The summed E-state index contributed by atoms with van der Waals surface area (Å²) in [5.41, 5.74) is 1.63. The first-order valence-corrected chi connectivity index (χ1v) is 8.05. The monoisotopic (exact) mass is 356 g/mol. The van der Waals surface area contributed by atoms with E-state index in [1.165, 1.54) is 14.2 Å². The van der Waals surface area contributed by atoms with Crippen LogP contribution >= 0.6 is 0 Å². The number of hydrogen-bond acceptors (Lipinski definition) is 5. The lowest BCUT2D eigenvalue weighted by Crippen LogP contribution is -2.41. The maximum absolute atomic E-state index is 12.6. The van der Waals surface area contributed by atoms with Crippen molar-refractivity contribution in [2.24, 2.45) is 0 Å². The third-order valence-electron chi connectivity index (χ3n) is 4.17. The second-order valence-electron chi connectivity index (χ2n) is 5.90. The van der Waals surface area contributed by atoms with Crippen LogP contribution in [-0.2, 0) is 4.79 Å². The Morgan fingerprint density at radius 3 is 2.38 bits per heavy atom. The molecular weight excluding hydrogens is 336 g/mol. The zero-order valence-electron chi connectivity index (χ0n) is 15.0. The molecule has 0 radical (unpaired) electrons. The van der Waals surface area contributed by atoms with Gasteiger partial charge in [0.05, 0.1) is 19.9 Å². The van der Waals surface area contributed by atoms with Gasteiger partial charge in [-0.05, 0) is 31.2 Å². The minimum Gasteiger partial charge on any atom is -0.497 e. The van der Waals surface area contributed by atoms with Crippen LogP contribution in [0.25, 0.3) is 0 Å². The van der Waals surface area contributed by atoms with E-state index in [-0.39, 0.29) is 11.8 Å². The number of anilines is 2. The number of methoxy groups -OCH3 is 2. The smallest absolute Gasteiger partial charge is 0.267 e. The Bertz CT molecular complexity index is 843. The molecule has 1 atom stereocenters. The third kappa shape index (κ3) is 3.28. The van der Waals surface area contributed by atoms with Crippen molar-refractivity contribution in [2.45, 2.75) is 13.0 Å². The van der Waals surface area contributed by atoms with Crippen LogP contribution in [0.5, 0.6) is 17.2 Å². The number of nitrogens with zero attached hydrogens (tertiary/aromatic N) is 1. The summed E-state index contributed by atoms with van der Waals surface area (Å²) < 4.78 is 16.0. The van der Waals surface area contributed by atoms with E-state index in [2.05, 4.69) is 5.32 Å². The molecule has 2 aromatic carbocycles. The minimum absolute atomic E-state index is 0.113. The Kier molecular flexibility index (Phi) is 4.71. The second kappa shape index (κ2) is 6.95. The predicted octanol–water partition coefficient (Wildman–Crippen LogP) is 2.70. The van der Waals surface area contributed by atoms with Gasteiger partial charge in [-0.3, -0.25) is 9.59 Å². The number of carbonyl (C=O) groups excluding carboxylic acids is 2. The van der Waals surface area contributed by atoms with Gasteiger partial charge in [-0.25, -0.2) is 0 Å². The molecule has 1 aliphatic heterocycles. The molecule has 0 aliphatic carbocycles. The highest BCUT2D eigenvalue weighted by Gasteiger charge is 2.29. The zero-order valence-corrected chi connectivity index (χ0v) is 15.0. The molecule has 1 heterocycles. The van der Waals surface area contributed by atoms with Gasteiger partial charge in [-0.1, -0.05) is 0 Å². The summed E-state index contributed by atoms with van der Waals surface area (Å²) in [4.78, 5) is 26.1. The lowest BCUT2D eigenvalue weighted by molar-refractivity contribution is -0.125. The SMILES string of the molecule is COc1cc(OC)cc(C(=O)Nc2ccc3c(c2)OC(C)C(=O)N3C)c1. The molecule has 0 saturated heterocycles. The van der Waals surface area contributed by atoms with Gasteiger partial charge in [-0.2, -0.15) is 0 Å². The summed E-state index contributed by atoms with van der Waals surface area (Å²) in [5.74, 6) is 1.17. The minimum atomic E-state index is -0.568. The highest BCUT2D eigenvalue weighted by Crippen LogP contribution is 2.35. The predicted molar refractivity (Wildman–Crippen MR) is 97.4 cm³/mol. The fourth-order valence-corrected chi connectivity index (χ4v) is 2.74. The lowest BCUT2D eigenvalue weighted by atomic mass is 10.1. The molecule has 0 bridgehead atoms. The number of hydrogen-bond donors (Lipinski definition) is 1. The van der Waals surface area contributed by atoms with E-state index in [1.807, 2.05) is 0 Å². The van der Waals surface area contributed by atoms with Crippen LogP contribution in [-0.4, -0.2) is 39.2 Å². The van der Waals surface area contributed by atoms with Gasteiger partial charge in [0, 0.05) is 30.4 Å². The van der Waals surface area contributed by atoms with Gasteiger partial charge in [0.2, 0.25) is 0 Å². The molecule has 0 saturated carbocycles. The van der Waals surface area contributed by atoms with Crippen molar-refractivity contribution in [1.29, 1.82) is 0 Å². The first-order chi connectivity index (χ1) is 12.4. The van der Waals surface area contributed by atoms with Crippen LogP contribution < -0.4 is 24.4 Å². The summed E-state index contributed by atoms with van der Waals surface area (Å²) in [6.45, 7) is 1.69. The fraction of sp³-hybridized carbons (Fsp3) is 0.263. The topological polar surface area (TPSA) is 77.1 Å². The molecular formula is C19H20N2O5. The number of carbonyl (C=O) groups is 2. The summed E-state index contributed by atoms with van der Waals surface area (Å²) in [7, 11) is 4.74. The molecule has 2 aromatic rings. The molecule has 7 heteroatoms. The van der Waals surface area contributed by atoms with Crippen LogP contribution in [0.2, 0.25) is 0 Å². The Morgan fingerprint density at radius 2 is 1.77 bits per heavy atom. The summed E-state index contributed by atoms with van der Waals surface area (Å²) >= 11 is 0. The number of likely N-dealkylation sites (N-methyl/N-ethyl adjacent to an activating group) is 1. The summed E-state index contributed by atoms with van der Waals surface area (Å²) in [6, 6.07) is 10.1. The average molecular weight is 356 g/mol. The molecule has 136 valence electrons. The lowest BCUT2D eigenvalue weighted by Gasteiger charge is -2.30. The van der Waals surface area contributed by atoms with E-state index < -0.39 is 6.10 Å². The number of nitrogens with one attached hydrogen (secondary N) is 1. The van der Waals surface area contributed by atoms with Gasteiger partial charge in [0.25, 0.3) is 11.8 Å². The first-order valence-electron chi connectivity index (χ1n) is 8.05. The highest BCUT2D eigenvalue weighted by molar-refractivity contribution is 6.05. The molecule has 0 fully saturated rings. The largest absolute Gasteiger partial charge is 0.497 e. The number of benzene rings is 2. The van der Waals surface area contributed by atoms with Crippen LogP contribution in [0.3, 0.4) is 0 Å². The van der Waals surface area contributed by atoms with E-state index >= 15 is 0 Å². The van der Waals surface area contributed by atoms with Crippen molar-refractivity contribution < 1.29 is 23.8 Å². The second-order valence-corrected chi connectivity index (χ2v) is 5.90. The Labute approximate surface area is 151 Å². The molecule has 7 nitrogen and oxygen atoms in total. The zero-order chi connectivity index (χ0) is 18.8. The van der Waals surface area contributed by atoms with Crippen LogP contribution in [0.15, 0.2) is 36.4 Å². The molecule has 26 heavy (non-hydrogen) atoms. The maximum atomic E-state index is 12.6.